The standard InChI is InChI=1S/C26H28N4O2/c1-17-22(26(32)27-25-24(17)18(2)28-30(25)4)14-15-23(31)29(3)16-19-10-12-21(13-11-19)20-8-6-5-7-9-20/h5-13H,14-16H2,1-4H3,(H,27,32). The fourth-order valence-corrected chi connectivity index (χ4v) is 4.27. The van der Waals surface area contributed by atoms with Crippen LogP contribution in [0.5, 0.6) is 0 Å². The van der Waals surface area contributed by atoms with Gasteiger partial charge in [0.2, 0.25) is 5.91 Å². The molecule has 1 N–H and O–H groups in total. The highest BCUT2D eigenvalue weighted by Gasteiger charge is 2.17. The van der Waals surface area contributed by atoms with E-state index >= 15 is 0 Å². The van der Waals surface area contributed by atoms with Crippen molar-refractivity contribution in [2.24, 2.45) is 7.05 Å². The third-order valence-corrected chi connectivity index (χ3v) is 6.05. The predicted octanol–water partition coefficient (Wildman–Crippen LogP) is 4.14. The van der Waals surface area contributed by atoms with E-state index in [9.17, 15) is 9.59 Å². The lowest BCUT2D eigenvalue weighted by Crippen LogP contribution is -2.27. The van der Waals surface area contributed by atoms with Gasteiger partial charge in [-0.25, -0.2) is 0 Å². The fraction of sp³-hybridized carbons (Fsp3) is 0.269. The molecule has 2 aromatic carbocycles. The van der Waals surface area contributed by atoms with Gasteiger partial charge in [0.05, 0.1) is 5.69 Å². The first-order valence-electron chi connectivity index (χ1n) is 10.8. The van der Waals surface area contributed by atoms with Crippen LogP contribution in [0.1, 0.15) is 28.8 Å². The van der Waals surface area contributed by atoms with Gasteiger partial charge < -0.3 is 9.88 Å². The summed E-state index contributed by atoms with van der Waals surface area (Å²) < 4.78 is 1.69. The monoisotopic (exact) mass is 428 g/mol. The summed E-state index contributed by atoms with van der Waals surface area (Å²) in [4.78, 5) is 30.0. The average Bonchev–Trinajstić information content (AvgIpc) is 3.07. The summed E-state index contributed by atoms with van der Waals surface area (Å²) in [6.45, 7) is 4.40. The van der Waals surface area contributed by atoms with Gasteiger partial charge in [0.25, 0.3) is 5.56 Å². The summed E-state index contributed by atoms with van der Waals surface area (Å²) in [5, 5.41) is 5.36. The minimum Gasteiger partial charge on any atom is -0.341 e. The van der Waals surface area contributed by atoms with Crippen molar-refractivity contribution < 1.29 is 4.79 Å². The number of pyridine rings is 1. The van der Waals surface area contributed by atoms with Gasteiger partial charge >= 0.3 is 0 Å². The Balaban J connectivity index is 1.42. The Labute approximate surface area is 187 Å². The number of benzene rings is 2. The van der Waals surface area contributed by atoms with E-state index in [1.54, 1.807) is 16.6 Å². The molecule has 0 saturated carbocycles. The number of nitrogens with one attached hydrogen (secondary N) is 1. The van der Waals surface area contributed by atoms with E-state index in [2.05, 4.69) is 46.5 Å². The Hall–Kier alpha value is -3.67. The second-order valence-electron chi connectivity index (χ2n) is 8.30. The third-order valence-electron chi connectivity index (χ3n) is 6.05. The van der Waals surface area contributed by atoms with Crippen LogP contribution in [-0.2, 0) is 24.8 Å². The van der Waals surface area contributed by atoms with E-state index in [0.29, 0.717) is 18.5 Å². The molecule has 0 fully saturated rings. The molecular formula is C26H28N4O2. The van der Waals surface area contributed by atoms with Crippen LogP contribution in [-0.4, -0.2) is 32.6 Å². The van der Waals surface area contributed by atoms with Crippen molar-refractivity contribution in [3.05, 3.63) is 87.3 Å². The summed E-state index contributed by atoms with van der Waals surface area (Å²) in [5.74, 6) is 0.0129. The van der Waals surface area contributed by atoms with Gasteiger partial charge in [-0.2, -0.15) is 5.10 Å². The zero-order chi connectivity index (χ0) is 22.8. The molecular weight excluding hydrogens is 400 g/mol. The number of H-pyrrole nitrogens is 1. The van der Waals surface area contributed by atoms with Gasteiger partial charge in [-0.15, -0.1) is 0 Å². The molecule has 0 saturated heterocycles. The second kappa shape index (κ2) is 8.83. The lowest BCUT2D eigenvalue weighted by Gasteiger charge is -2.18. The number of carbonyl (C=O) groups is 1. The molecule has 1 amide bonds. The lowest BCUT2D eigenvalue weighted by molar-refractivity contribution is -0.130. The van der Waals surface area contributed by atoms with Crippen LogP contribution in [0.25, 0.3) is 22.2 Å². The minimum absolute atomic E-state index is 0.0129. The molecule has 4 rings (SSSR count). The highest BCUT2D eigenvalue weighted by molar-refractivity contribution is 5.83. The Bertz CT molecular complexity index is 1320. The highest BCUT2D eigenvalue weighted by Crippen LogP contribution is 2.22. The number of hydrogen-bond acceptors (Lipinski definition) is 3. The van der Waals surface area contributed by atoms with E-state index in [-0.39, 0.29) is 17.9 Å². The number of aromatic nitrogens is 3. The zero-order valence-corrected chi connectivity index (χ0v) is 19.0. The first kappa shape index (κ1) is 21.6. The maximum atomic E-state index is 12.8. The largest absolute Gasteiger partial charge is 0.341 e. The second-order valence-corrected chi connectivity index (χ2v) is 8.30. The predicted molar refractivity (Wildman–Crippen MR) is 127 cm³/mol. The summed E-state index contributed by atoms with van der Waals surface area (Å²) in [6.07, 6.45) is 0.689. The molecule has 2 aromatic heterocycles. The SMILES string of the molecule is Cc1nn(C)c2[nH]c(=O)c(CCC(=O)N(C)Cc3ccc(-c4ccccc4)cc3)c(C)c12. The van der Waals surface area contributed by atoms with E-state index in [4.69, 9.17) is 0 Å². The molecule has 32 heavy (non-hydrogen) atoms. The van der Waals surface area contributed by atoms with Crippen LogP contribution in [0, 0.1) is 13.8 Å². The van der Waals surface area contributed by atoms with Crippen molar-refractivity contribution >= 4 is 16.9 Å². The Kier molecular flexibility index (Phi) is 5.95. The maximum absolute atomic E-state index is 12.8. The van der Waals surface area contributed by atoms with Crippen molar-refractivity contribution in [1.29, 1.82) is 0 Å². The fourth-order valence-electron chi connectivity index (χ4n) is 4.27. The molecule has 0 aliphatic rings. The van der Waals surface area contributed by atoms with E-state index in [0.717, 1.165) is 33.4 Å². The van der Waals surface area contributed by atoms with Gasteiger partial charge in [-0.3, -0.25) is 14.3 Å². The normalized spacial score (nSPS) is 11.1. The Morgan fingerprint density at radius 2 is 1.69 bits per heavy atom. The number of rotatable bonds is 6. The van der Waals surface area contributed by atoms with Crippen LogP contribution in [0.4, 0.5) is 0 Å². The maximum Gasteiger partial charge on any atom is 0.253 e. The van der Waals surface area contributed by atoms with Crippen LogP contribution < -0.4 is 5.56 Å². The lowest BCUT2D eigenvalue weighted by atomic mass is 10.0. The van der Waals surface area contributed by atoms with Gasteiger partial charge in [-0.1, -0.05) is 54.6 Å². The summed E-state index contributed by atoms with van der Waals surface area (Å²) >= 11 is 0. The number of hydrogen-bond donors (Lipinski definition) is 1. The van der Waals surface area contributed by atoms with Crippen molar-refractivity contribution in [2.45, 2.75) is 33.2 Å². The van der Waals surface area contributed by atoms with Crippen molar-refractivity contribution in [1.82, 2.24) is 19.7 Å². The number of amides is 1. The van der Waals surface area contributed by atoms with Crippen molar-refractivity contribution in [2.75, 3.05) is 7.05 Å². The molecule has 0 atom stereocenters. The summed E-state index contributed by atoms with van der Waals surface area (Å²) in [5.41, 5.74) is 6.40. The highest BCUT2D eigenvalue weighted by atomic mass is 16.2. The van der Waals surface area contributed by atoms with Gasteiger partial charge in [0.1, 0.15) is 5.65 Å². The van der Waals surface area contributed by atoms with Gasteiger partial charge in [0.15, 0.2) is 0 Å². The zero-order valence-electron chi connectivity index (χ0n) is 19.0. The molecule has 0 unspecified atom stereocenters. The number of aryl methyl sites for hydroxylation is 3. The molecule has 0 bridgehead atoms. The summed E-state index contributed by atoms with van der Waals surface area (Å²) in [6, 6.07) is 18.5. The van der Waals surface area contributed by atoms with Crippen LogP contribution in [0.2, 0.25) is 0 Å². The van der Waals surface area contributed by atoms with Gasteiger partial charge in [0, 0.05) is 38.0 Å². The molecule has 6 nitrogen and oxygen atoms in total. The average molecular weight is 429 g/mol. The molecule has 0 aliphatic heterocycles. The molecule has 4 aromatic rings. The number of fused-ring (bicyclic) bond motifs is 1. The number of aromatic amines is 1. The summed E-state index contributed by atoms with van der Waals surface area (Å²) in [7, 11) is 3.62. The number of carbonyl (C=O) groups excluding carboxylic acids is 1. The number of nitrogens with zero attached hydrogens (tertiary/aromatic N) is 3. The van der Waals surface area contributed by atoms with E-state index in [1.807, 2.05) is 39.1 Å². The molecule has 0 aliphatic carbocycles. The Morgan fingerprint density at radius 3 is 2.38 bits per heavy atom. The van der Waals surface area contributed by atoms with E-state index < -0.39 is 0 Å². The molecule has 2 heterocycles. The first-order chi connectivity index (χ1) is 15.3. The Morgan fingerprint density at radius 1 is 1.03 bits per heavy atom. The first-order valence-corrected chi connectivity index (χ1v) is 10.8. The molecule has 0 spiro atoms. The van der Waals surface area contributed by atoms with Crippen molar-refractivity contribution in [3.63, 3.8) is 0 Å². The van der Waals surface area contributed by atoms with Gasteiger partial charge in [-0.05, 0) is 42.5 Å². The smallest absolute Gasteiger partial charge is 0.253 e. The molecule has 6 heteroatoms. The molecule has 164 valence electrons. The third kappa shape index (κ3) is 4.21. The van der Waals surface area contributed by atoms with Crippen LogP contribution >= 0.6 is 0 Å². The van der Waals surface area contributed by atoms with Crippen LogP contribution in [0.3, 0.4) is 0 Å². The topological polar surface area (TPSA) is 71.0 Å². The van der Waals surface area contributed by atoms with Crippen molar-refractivity contribution in [3.8, 4) is 11.1 Å². The quantitative estimate of drug-likeness (QED) is 0.502. The minimum atomic E-state index is -0.148. The van der Waals surface area contributed by atoms with Crippen LogP contribution in [0.15, 0.2) is 59.4 Å². The molecule has 0 radical (unpaired) electrons. The van der Waals surface area contributed by atoms with E-state index in [1.165, 1.54) is 5.56 Å².